The minimum atomic E-state index is 0.804. The van der Waals surface area contributed by atoms with E-state index in [1.165, 1.54) is 6.33 Å². The number of methoxy groups -OCH3 is 1. The summed E-state index contributed by atoms with van der Waals surface area (Å²) in [6.07, 6.45) is 6.20. The van der Waals surface area contributed by atoms with Crippen LogP contribution >= 0.6 is 0 Å². The molecular weight excluding hydrogens is 166 g/mol. The number of rotatable bonds is 6. The van der Waals surface area contributed by atoms with E-state index in [0.29, 0.717) is 0 Å². The Hall–Kier alpha value is -1.00. The van der Waals surface area contributed by atoms with Crippen molar-refractivity contribution in [2.75, 3.05) is 20.3 Å². The maximum Gasteiger partial charge on any atom is 0.115 e. The van der Waals surface area contributed by atoms with Gasteiger partial charge in [0.2, 0.25) is 0 Å². The molecule has 0 radical (unpaired) electrons. The lowest BCUT2D eigenvalue weighted by atomic mass is 10.3. The second-order valence-corrected chi connectivity index (χ2v) is 2.77. The van der Waals surface area contributed by atoms with Crippen molar-refractivity contribution in [3.63, 3.8) is 0 Å². The molecule has 0 saturated carbocycles. The molecule has 0 spiro atoms. The second kappa shape index (κ2) is 6.51. The first-order valence-electron chi connectivity index (χ1n) is 4.37. The van der Waals surface area contributed by atoms with Gasteiger partial charge in [-0.15, -0.1) is 0 Å². The highest BCUT2D eigenvalue weighted by Gasteiger charge is 1.91. The Labute approximate surface area is 78.4 Å². The SMILES string of the molecule is COCCCNCc1cncnc1. The molecule has 1 heterocycles. The molecule has 4 nitrogen and oxygen atoms in total. The van der Waals surface area contributed by atoms with E-state index in [0.717, 1.165) is 31.7 Å². The van der Waals surface area contributed by atoms with Crippen molar-refractivity contribution in [3.05, 3.63) is 24.3 Å². The Morgan fingerprint density at radius 3 is 2.85 bits per heavy atom. The Bertz CT molecular complexity index is 215. The lowest BCUT2D eigenvalue weighted by molar-refractivity contribution is 0.194. The van der Waals surface area contributed by atoms with E-state index >= 15 is 0 Å². The van der Waals surface area contributed by atoms with E-state index < -0.39 is 0 Å². The number of hydrogen-bond acceptors (Lipinski definition) is 4. The van der Waals surface area contributed by atoms with Crippen LogP contribution in [0.4, 0.5) is 0 Å². The highest BCUT2D eigenvalue weighted by Crippen LogP contribution is 1.91. The van der Waals surface area contributed by atoms with Gasteiger partial charge in [0.1, 0.15) is 6.33 Å². The number of aromatic nitrogens is 2. The Morgan fingerprint density at radius 1 is 1.38 bits per heavy atom. The molecule has 72 valence electrons. The first kappa shape index (κ1) is 10.1. The van der Waals surface area contributed by atoms with Crippen LogP contribution in [0.5, 0.6) is 0 Å². The van der Waals surface area contributed by atoms with Crippen LogP contribution in [0.3, 0.4) is 0 Å². The molecule has 0 aromatic carbocycles. The van der Waals surface area contributed by atoms with Crippen LogP contribution in [0.25, 0.3) is 0 Å². The fourth-order valence-corrected chi connectivity index (χ4v) is 0.995. The van der Waals surface area contributed by atoms with Crippen molar-refractivity contribution in [2.45, 2.75) is 13.0 Å². The van der Waals surface area contributed by atoms with Crippen LogP contribution in [-0.2, 0) is 11.3 Å². The summed E-state index contributed by atoms with van der Waals surface area (Å²) in [6.45, 7) is 2.59. The molecule has 13 heavy (non-hydrogen) atoms. The van der Waals surface area contributed by atoms with Crippen LogP contribution < -0.4 is 5.32 Å². The van der Waals surface area contributed by atoms with Gasteiger partial charge in [-0.05, 0) is 13.0 Å². The summed E-state index contributed by atoms with van der Waals surface area (Å²) >= 11 is 0. The van der Waals surface area contributed by atoms with E-state index in [9.17, 15) is 0 Å². The van der Waals surface area contributed by atoms with Crippen molar-refractivity contribution >= 4 is 0 Å². The lowest BCUT2D eigenvalue weighted by Gasteiger charge is -2.02. The third-order valence-electron chi connectivity index (χ3n) is 1.65. The molecule has 0 amide bonds. The summed E-state index contributed by atoms with van der Waals surface area (Å²) in [5, 5.41) is 3.28. The first-order valence-corrected chi connectivity index (χ1v) is 4.37. The average Bonchev–Trinajstić information content (AvgIpc) is 2.19. The summed E-state index contributed by atoms with van der Waals surface area (Å²) in [5.41, 5.74) is 1.11. The molecule has 1 rings (SSSR count). The maximum absolute atomic E-state index is 4.93. The van der Waals surface area contributed by atoms with E-state index in [2.05, 4.69) is 15.3 Å². The number of nitrogens with zero attached hydrogens (tertiary/aromatic N) is 2. The second-order valence-electron chi connectivity index (χ2n) is 2.77. The largest absolute Gasteiger partial charge is 0.385 e. The minimum absolute atomic E-state index is 0.804. The lowest BCUT2D eigenvalue weighted by Crippen LogP contribution is -2.16. The fourth-order valence-electron chi connectivity index (χ4n) is 0.995. The molecule has 0 atom stereocenters. The fraction of sp³-hybridized carbons (Fsp3) is 0.556. The normalized spacial score (nSPS) is 10.2. The maximum atomic E-state index is 4.93. The molecule has 1 N–H and O–H groups in total. The molecule has 0 unspecified atom stereocenters. The zero-order chi connectivity index (χ0) is 9.36. The van der Waals surface area contributed by atoms with E-state index in [-0.39, 0.29) is 0 Å². The molecule has 1 aromatic rings. The van der Waals surface area contributed by atoms with Gasteiger partial charge in [-0.25, -0.2) is 9.97 Å². The van der Waals surface area contributed by atoms with Crippen molar-refractivity contribution in [1.82, 2.24) is 15.3 Å². The summed E-state index contributed by atoms with van der Waals surface area (Å²) in [4.78, 5) is 7.85. The van der Waals surface area contributed by atoms with Gasteiger partial charge < -0.3 is 10.1 Å². The van der Waals surface area contributed by atoms with Gasteiger partial charge in [0, 0.05) is 38.2 Å². The van der Waals surface area contributed by atoms with Gasteiger partial charge in [0.05, 0.1) is 0 Å². The molecule has 0 aliphatic heterocycles. The summed E-state index contributed by atoms with van der Waals surface area (Å²) < 4.78 is 4.93. The third-order valence-corrected chi connectivity index (χ3v) is 1.65. The Kier molecular flexibility index (Phi) is 5.05. The standard InChI is InChI=1S/C9H15N3O/c1-13-4-2-3-10-5-9-6-11-8-12-7-9/h6-8,10H,2-5H2,1H3. The molecule has 1 aromatic heterocycles. The van der Waals surface area contributed by atoms with Crippen molar-refractivity contribution in [1.29, 1.82) is 0 Å². The molecule has 0 aliphatic rings. The van der Waals surface area contributed by atoms with Gasteiger partial charge in [-0.2, -0.15) is 0 Å². The van der Waals surface area contributed by atoms with Crippen LogP contribution in [0.15, 0.2) is 18.7 Å². The van der Waals surface area contributed by atoms with Crippen molar-refractivity contribution in [2.24, 2.45) is 0 Å². The van der Waals surface area contributed by atoms with E-state index in [4.69, 9.17) is 4.74 Å². The molecule has 0 bridgehead atoms. The van der Waals surface area contributed by atoms with Gasteiger partial charge in [-0.3, -0.25) is 0 Å². The van der Waals surface area contributed by atoms with Gasteiger partial charge in [-0.1, -0.05) is 0 Å². The van der Waals surface area contributed by atoms with E-state index in [1.54, 1.807) is 7.11 Å². The average molecular weight is 181 g/mol. The topological polar surface area (TPSA) is 47.0 Å². The quantitative estimate of drug-likeness (QED) is 0.653. The Balaban J connectivity index is 2.07. The highest BCUT2D eigenvalue weighted by molar-refractivity contribution is 5.01. The van der Waals surface area contributed by atoms with Crippen LogP contribution in [-0.4, -0.2) is 30.2 Å². The minimum Gasteiger partial charge on any atom is -0.385 e. The smallest absolute Gasteiger partial charge is 0.115 e. The molecule has 0 fully saturated rings. The van der Waals surface area contributed by atoms with Crippen molar-refractivity contribution < 1.29 is 4.74 Å². The third kappa shape index (κ3) is 4.55. The predicted molar refractivity (Wildman–Crippen MR) is 50.2 cm³/mol. The monoisotopic (exact) mass is 181 g/mol. The number of nitrogens with one attached hydrogen (secondary N) is 1. The van der Waals surface area contributed by atoms with Gasteiger partial charge in [0.15, 0.2) is 0 Å². The summed E-state index contributed by atoms with van der Waals surface area (Å²) in [6, 6.07) is 0. The van der Waals surface area contributed by atoms with E-state index in [1.807, 2.05) is 12.4 Å². The summed E-state index contributed by atoms with van der Waals surface area (Å²) in [5.74, 6) is 0. The number of hydrogen-bond donors (Lipinski definition) is 1. The van der Waals surface area contributed by atoms with Crippen LogP contribution in [0, 0.1) is 0 Å². The van der Waals surface area contributed by atoms with Crippen LogP contribution in [0.2, 0.25) is 0 Å². The van der Waals surface area contributed by atoms with Gasteiger partial charge >= 0.3 is 0 Å². The number of ether oxygens (including phenoxy) is 1. The zero-order valence-corrected chi connectivity index (χ0v) is 7.86. The first-order chi connectivity index (χ1) is 6.43. The Morgan fingerprint density at radius 2 is 2.15 bits per heavy atom. The predicted octanol–water partition coefficient (Wildman–Crippen LogP) is 0.603. The highest BCUT2D eigenvalue weighted by atomic mass is 16.5. The molecular formula is C9H15N3O. The molecule has 4 heteroatoms. The zero-order valence-electron chi connectivity index (χ0n) is 7.86. The van der Waals surface area contributed by atoms with Crippen molar-refractivity contribution in [3.8, 4) is 0 Å². The molecule has 0 saturated heterocycles. The van der Waals surface area contributed by atoms with Crippen LogP contribution in [0.1, 0.15) is 12.0 Å². The summed E-state index contributed by atoms with van der Waals surface area (Å²) in [7, 11) is 1.71. The van der Waals surface area contributed by atoms with Gasteiger partial charge in [0.25, 0.3) is 0 Å². The molecule has 0 aliphatic carbocycles.